The van der Waals surface area contributed by atoms with Gasteiger partial charge in [0.25, 0.3) is 0 Å². The van der Waals surface area contributed by atoms with Crippen molar-refractivity contribution < 1.29 is 23.9 Å². The van der Waals surface area contributed by atoms with E-state index >= 15 is 0 Å². The molecule has 14 heteroatoms. The van der Waals surface area contributed by atoms with E-state index in [1.165, 1.54) is 23.5 Å². The van der Waals surface area contributed by atoms with Crippen LogP contribution in [0.3, 0.4) is 0 Å². The van der Waals surface area contributed by atoms with Crippen molar-refractivity contribution in [2.45, 2.75) is 109 Å². The van der Waals surface area contributed by atoms with Gasteiger partial charge in [-0.3, -0.25) is 29.2 Å². The number of benzene rings is 1. The fourth-order valence-corrected chi connectivity index (χ4v) is 9.34. The number of aliphatic imine (C=N–C) groups is 3. The van der Waals surface area contributed by atoms with Crippen LogP contribution in [-0.4, -0.2) is 111 Å². The molecular weight excluding hydrogens is 663 g/mol. The number of ether oxygens (including phenoxy) is 1. The highest BCUT2D eigenvalue weighted by molar-refractivity contribution is 8.14. The molecule has 5 aliphatic heterocycles. The summed E-state index contributed by atoms with van der Waals surface area (Å²) >= 11 is 2.96. The fourth-order valence-electron chi connectivity index (χ4n) is 6.85. The number of hydrogen-bond acceptors (Lipinski definition) is 10. The molecule has 9 unspecified atom stereocenters. The molecule has 5 aliphatic rings. The van der Waals surface area contributed by atoms with Crippen molar-refractivity contribution in [1.82, 2.24) is 20.9 Å². The van der Waals surface area contributed by atoms with Gasteiger partial charge in [0.1, 0.15) is 30.3 Å². The minimum Gasteiger partial charge on any atom is -0.474 e. The Morgan fingerprint density at radius 3 is 2.16 bits per heavy atom. The third-order valence-corrected chi connectivity index (χ3v) is 12.2. The highest BCUT2D eigenvalue weighted by atomic mass is 32.2. The Balaban J connectivity index is 1.36. The molecule has 0 radical (unpaired) electrons. The summed E-state index contributed by atoms with van der Waals surface area (Å²) < 4.78 is 6.19. The van der Waals surface area contributed by atoms with Gasteiger partial charge in [-0.2, -0.15) is 0 Å². The maximum atomic E-state index is 14.3. The van der Waals surface area contributed by atoms with Gasteiger partial charge in [-0.1, -0.05) is 64.4 Å². The van der Waals surface area contributed by atoms with Crippen LogP contribution in [0.15, 0.2) is 45.3 Å². The number of carbonyl (C=O) groups is 4. The van der Waals surface area contributed by atoms with Crippen molar-refractivity contribution in [2.24, 2.45) is 26.8 Å². The van der Waals surface area contributed by atoms with Gasteiger partial charge in [0, 0.05) is 24.5 Å². The van der Waals surface area contributed by atoms with Gasteiger partial charge in [0.05, 0.1) is 22.2 Å². The van der Waals surface area contributed by atoms with Crippen LogP contribution in [-0.2, 0) is 30.3 Å². The number of amides is 4. The normalized spacial score (nSPS) is 33.0. The number of nitrogens with one attached hydrogen (secondary N) is 3. The maximum Gasteiger partial charge on any atom is 0.249 e. The largest absolute Gasteiger partial charge is 0.474 e. The molecule has 12 nitrogen and oxygen atoms in total. The highest BCUT2D eigenvalue weighted by Gasteiger charge is 2.44. The van der Waals surface area contributed by atoms with E-state index in [9.17, 15) is 19.2 Å². The summed E-state index contributed by atoms with van der Waals surface area (Å²) in [6.07, 6.45) is 1.98. The van der Waals surface area contributed by atoms with Crippen LogP contribution >= 0.6 is 23.5 Å². The van der Waals surface area contributed by atoms with Crippen LogP contribution in [0, 0.1) is 11.8 Å². The predicted molar refractivity (Wildman–Crippen MR) is 194 cm³/mol. The van der Waals surface area contributed by atoms with Gasteiger partial charge >= 0.3 is 0 Å². The summed E-state index contributed by atoms with van der Waals surface area (Å²) in [7, 11) is 0. The molecule has 49 heavy (non-hydrogen) atoms. The van der Waals surface area contributed by atoms with Gasteiger partial charge in [0.15, 0.2) is 6.04 Å². The lowest BCUT2D eigenvalue weighted by Crippen LogP contribution is -2.54. The fraction of sp³-hybridized carbons (Fsp3) is 0.629. The van der Waals surface area contributed by atoms with Gasteiger partial charge in [-0.05, 0) is 37.2 Å². The van der Waals surface area contributed by atoms with Crippen LogP contribution in [0.25, 0.3) is 0 Å². The Hall–Kier alpha value is -3.39. The SMILES string of the molecule is CCC(C)C1NC(=O)C2CSC(=N2)C(C(C)C)NC(=O)C2N=C(OC2C)C2CCCN2C(=O)C(Cc2ccccc2)NC(=O)C2CSC1=N2. The number of fused-ring (bicyclic) bond motifs is 5. The quantitative estimate of drug-likeness (QED) is 0.425. The Bertz CT molecular complexity index is 1530. The molecule has 0 spiro atoms. The minimum absolute atomic E-state index is 0.0169. The van der Waals surface area contributed by atoms with E-state index in [0.717, 1.165) is 18.4 Å². The van der Waals surface area contributed by atoms with E-state index in [1.54, 1.807) is 4.90 Å². The van der Waals surface area contributed by atoms with E-state index < -0.39 is 42.4 Å². The summed E-state index contributed by atoms with van der Waals surface area (Å²) in [5.41, 5.74) is 0.919. The summed E-state index contributed by atoms with van der Waals surface area (Å²) in [6.45, 7) is 10.5. The van der Waals surface area contributed by atoms with Crippen LogP contribution in [0.4, 0.5) is 0 Å². The first-order valence-corrected chi connectivity index (χ1v) is 19.4. The van der Waals surface area contributed by atoms with Crippen molar-refractivity contribution in [3.63, 3.8) is 0 Å². The molecule has 5 heterocycles. The molecule has 1 saturated heterocycles. The summed E-state index contributed by atoms with van der Waals surface area (Å²) in [6, 6.07) is 5.48. The predicted octanol–water partition coefficient (Wildman–Crippen LogP) is 2.60. The average Bonchev–Trinajstić information content (AvgIpc) is 3.91. The maximum absolute atomic E-state index is 14.3. The molecule has 0 aliphatic carbocycles. The lowest BCUT2D eigenvalue weighted by Gasteiger charge is -2.29. The Morgan fingerprint density at radius 1 is 0.878 bits per heavy atom. The number of thioether (sulfide) groups is 2. The van der Waals surface area contributed by atoms with Crippen LogP contribution < -0.4 is 16.0 Å². The number of carbonyl (C=O) groups excluding carboxylic acids is 4. The monoisotopic (exact) mass is 709 g/mol. The lowest BCUT2D eigenvalue weighted by molar-refractivity contribution is -0.136. The molecule has 4 amide bonds. The summed E-state index contributed by atoms with van der Waals surface area (Å²) in [5.74, 6) is 0.319. The van der Waals surface area contributed by atoms with Gasteiger partial charge < -0.3 is 25.6 Å². The Morgan fingerprint density at radius 2 is 1.51 bits per heavy atom. The first-order chi connectivity index (χ1) is 23.5. The molecule has 6 rings (SSSR count). The summed E-state index contributed by atoms with van der Waals surface area (Å²) in [4.78, 5) is 71.7. The number of hydrogen-bond donors (Lipinski definition) is 3. The lowest BCUT2D eigenvalue weighted by atomic mass is 9.99. The van der Waals surface area contributed by atoms with Crippen molar-refractivity contribution in [1.29, 1.82) is 0 Å². The van der Waals surface area contributed by atoms with Crippen LogP contribution in [0.1, 0.15) is 59.4 Å². The van der Waals surface area contributed by atoms with E-state index in [2.05, 4.69) is 29.8 Å². The molecule has 3 N–H and O–H groups in total. The number of rotatable bonds is 5. The average molecular weight is 710 g/mol. The smallest absolute Gasteiger partial charge is 0.249 e. The van der Waals surface area contributed by atoms with Crippen molar-refractivity contribution in [2.75, 3.05) is 18.1 Å². The second-order valence-corrected chi connectivity index (χ2v) is 15.9. The topological polar surface area (TPSA) is 154 Å². The van der Waals surface area contributed by atoms with Crippen LogP contribution in [0.2, 0.25) is 0 Å². The van der Waals surface area contributed by atoms with Gasteiger partial charge in [0.2, 0.25) is 29.5 Å². The molecule has 1 fully saturated rings. The Labute approximate surface area is 296 Å². The third kappa shape index (κ3) is 7.69. The molecule has 0 saturated carbocycles. The zero-order valence-electron chi connectivity index (χ0n) is 28.8. The van der Waals surface area contributed by atoms with Gasteiger partial charge in [-0.15, -0.1) is 23.5 Å². The second kappa shape index (κ2) is 15.2. The van der Waals surface area contributed by atoms with E-state index in [0.29, 0.717) is 46.9 Å². The van der Waals surface area contributed by atoms with Crippen molar-refractivity contribution in [3.8, 4) is 0 Å². The molecule has 1 aromatic carbocycles. The molecule has 264 valence electrons. The van der Waals surface area contributed by atoms with E-state index in [1.807, 2.05) is 51.1 Å². The standard InChI is InChI=1S/C35H47N7O5S2/c1-6-19(4)27-34-38-23(16-49-34)29(43)36-22(15-21-11-8-7-9-12-21)35(46)42-14-10-13-25(42)32-41-28(20(5)47-32)31(45)39-26(18(2)3)33-37-24(17-48-33)30(44)40-27/h7-9,11-12,18-20,22-28H,6,10,13-17H2,1-5H3,(H,36,43)(H,39,45)(H,40,44). The Kier molecular flexibility index (Phi) is 11.0. The first-order valence-electron chi connectivity index (χ1n) is 17.4. The molecular formula is C35H47N7O5S2. The van der Waals surface area contributed by atoms with Crippen molar-refractivity contribution >= 4 is 63.1 Å². The van der Waals surface area contributed by atoms with E-state index in [-0.39, 0.29) is 41.5 Å². The first kappa shape index (κ1) is 35.4. The highest BCUT2D eigenvalue weighted by Crippen LogP contribution is 2.30. The second-order valence-electron chi connectivity index (χ2n) is 13.9. The minimum atomic E-state index is -0.837. The zero-order valence-corrected chi connectivity index (χ0v) is 30.4. The molecule has 1 aromatic rings. The number of nitrogens with zero attached hydrogens (tertiary/aromatic N) is 4. The van der Waals surface area contributed by atoms with Crippen molar-refractivity contribution in [3.05, 3.63) is 35.9 Å². The van der Waals surface area contributed by atoms with E-state index in [4.69, 9.17) is 19.7 Å². The molecule has 9 atom stereocenters. The van der Waals surface area contributed by atoms with Gasteiger partial charge in [-0.25, -0.2) is 4.99 Å². The summed E-state index contributed by atoms with van der Waals surface area (Å²) in [5, 5.41) is 10.8. The van der Waals surface area contributed by atoms with Crippen LogP contribution in [0.5, 0.6) is 0 Å². The molecule has 0 aromatic heterocycles. The third-order valence-electron chi connectivity index (χ3n) is 9.96. The zero-order chi connectivity index (χ0) is 34.8. The molecule has 6 bridgehead atoms.